The van der Waals surface area contributed by atoms with Crippen LogP contribution in [0.3, 0.4) is 0 Å². The summed E-state index contributed by atoms with van der Waals surface area (Å²) in [6.07, 6.45) is 4.12. The molecule has 0 aliphatic carbocycles. The number of thioether (sulfide) groups is 1. The predicted molar refractivity (Wildman–Crippen MR) is 116 cm³/mol. The number of hydrogen-bond donors (Lipinski definition) is 2. The number of oxazole rings is 1. The molecule has 0 bridgehead atoms. The van der Waals surface area contributed by atoms with Crippen LogP contribution in [0.2, 0.25) is 0 Å². The second-order valence-corrected chi connectivity index (χ2v) is 7.94. The van der Waals surface area contributed by atoms with Gasteiger partial charge in [-0.1, -0.05) is 6.07 Å². The fourth-order valence-electron chi connectivity index (χ4n) is 3.03. The summed E-state index contributed by atoms with van der Waals surface area (Å²) in [6, 6.07) is 8.59. The third-order valence-electron chi connectivity index (χ3n) is 4.22. The number of pyridine rings is 1. The summed E-state index contributed by atoms with van der Waals surface area (Å²) in [4.78, 5) is 10.5. The minimum atomic E-state index is 0.0330. The smallest absolute Gasteiger partial charge is 0.295 e. The zero-order chi connectivity index (χ0) is 19.5. The minimum Gasteiger partial charge on any atom is -0.487 e. The van der Waals surface area contributed by atoms with Gasteiger partial charge in [0.2, 0.25) is 0 Å². The van der Waals surface area contributed by atoms with E-state index in [0.29, 0.717) is 17.3 Å². The Balaban J connectivity index is 1.69. The SMILES string of the molecule is CCNc1nc2cc(-c3ccc(C=C4CNCS4)cn3)cc(OC(C)C)c2o1. The molecule has 146 valence electrons. The predicted octanol–water partition coefficient (Wildman–Crippen LogP) is 4.74. The van der Waals surface area contributed by atoms with Crippen LogP contribution in [-0.4, -0.2) is 35.0 Å². The van der Waals surface area contributed by atoms with Gasteiger partial charge in [-0.15, -0.1) is 11.8 Å². The number of nitrogens with zero attached hydrogens (tertiary/aromatic N) is 2. The van der Waals surface area contributed by atoms with E-state index in [1.807, 2.05) is 56.9 Å². The fraction of sp³-hybridized carbons (Fsp3) is 0.333. The first-order valence-electron chi connectivity index (χ1n) is 9.48. The fourth-order valence-corrected chi connectivity index (χ4v) is 3.84. The van der Waals surface area contributed by atoms with Crippen LogP contribution in [-0.2, 0) is 0 Å². The van der Waals surface area contributed by atoms with Crippen molar-refractivity contribution in [2.45, 2.75) is 26.9 Å². The minimum absolute atomic E-state index is 0.0330. The third-order valence-corrected chi connectivity index (χ3v) is 5.20. The van der Waals surface area contributed by atoms with Crippen molar-refractivity contribution in [1.82, 2.24) is 15.3 Å². The molecular weight excluding hydrogens is 372 g/mol. The Morgan fingerprint density at radius 3 is 2.93 bits per heavy atom. The van der Waals surface area contributed by atoms with E-state index in [9.17, 15) is 0 Å². The van der Waals surface area contributed by atoms with Gasteiger partial charge in [0.1, 0.15) is 5.52 Å². The molecule has 1 aromatic carbocycles. The molecule has 0 atom stereocenters. The van der Waals surface area contributed by atoms with E-state index in [1.54, 1.807) is 0 Å². The summed E-state index contributed by atoms with van der Waals surface area (Å²) in [5.74, 6) is 1.66. The molecule has 1 saturated heterocycles. The topological polar surface area (TPSA) is 72.2 Å². The van der Waals surface area contributed by atoms with Gasteiger partial charge < -0.3 is 19.8 Å². The van der Waals surface area contributed by atoms with E-state index in [2.05, 4.69) is 32.7 Å². The van der Waals surface area contributed by atoms with Gasteiger partial charge in [-0.2, -0.15) is 4.98 Å². The normalized spacial score (nSPS) is 15.6. The molecule has 7 heteroatoms. The number of hydrogen-bond acceptors (Lipinski definition) is 7. The first kappa shape index (κ1) is 18.8. The highest BCUT2D eigenvalue weighted by Crippen LogP contribution is 2.34. The van der Waals surface area contributed by atoms with Crippen LogP contribution >= 0.6 is 11.8 Å². The van der Waals surface area contributed by atoms with Crippen molar-refractivity contribution < 1.29 is 9.15 Å². The molecule has 2 N–H and O–H groups in total. The van der Waals surface area contributed by atoms with Crippen LogP contribution in [0.1, 0.15) is 26.3 Å². The summed E-state index contributed by atoms with van der Waals surface area (Å²) in [5, 5.41) is 6.43. The molecule has 3 aromatic rings. The monoisotopic (exact) mass is 396 g/mol. The van der Waals surface area contributed by atoms with Crippen molar-refractivity contribution in [3.05, 3.63) is 40.9 Å². The first-order chi connectivity index (χ1) is 13.6. The van der Waals surface area contributed by atoms with Crippen molar-refractivity contribution in [2.75, 3.05) is 24.3 Å². The number of nitrogens with one attached hydrogen (secondary N) is 2. The van der Waals surface area contributed by atoms with Gasteiger partial charge in [-0.05, 0) is 50.6 Å². The lowest BCUT2D eigenvalue weighted by atomic mass is 10.1. The lowest BCUT2D eigenvalue weighted by Gasteiger charge is -2.11. The van der Waals surface area contributed by atoms with Crippen LogP contribution in [0, 0.1) is 0 Å². The van der Waals surface area contributed by atoms with E-state index in [4.69, 9.17) is 9.15 Å². The molecule has 1 fully saturated rings. The number of anilines is 1. The second kappa shape index (κ2) is 8.24. The largest absolute Gasteiger partial charge is 0.487 e. The molecule has 6 nitrogen and oxygen atoms in total. The van der Waals surface area contributed by atoms with Crippen molar-refractivity contribution in [1.29, 1.82) is 0 Å². The standard InChI is InChI=1S/C21H24N4O2S/c1-4-23-21-25-18-8-15(9-19(20(18)27-21)26-13(2)3)17-6-5-14(10-24-17)7-16-11-22-12-28-16/h5-10,13,22H,4,11-12H2,1-3H3,(H,23,25). The molecule has 0 unspecified atom stereocenters. The highest BCUT2D eigenvalue weighted by molar-refractivity contribution is 8.03. The Bertz CT molecular complexity index is 988. The van der Waals surface area contributed by atoms with Gasteiger partial charge in [0, 0.05) is 35.6 Å². The van der Waals surface area contributed by atoms with E-state index in [-0.39, 0.29) is 6.10 Å². The molecule has 0 amide bonds. The summed E-state index contributed by atoms with van der Waals surface area (Å²) in [7, 11) is 0. The number of ether oxygens (including phenoxy) is 1. The van der Waals surface area contributed by atoms with Gasteiger partial charge in [-0.25, -0.2) is 0 Å². The molecule has 4 rings (SSSR count). The first-order valence-corrected chi connectivity index (χ1v) is 10.5. The summed E-state index contributed by atoms with van der Waals surface area (Å²) in [5.41, 5.74) is 4.34. The highest BCUT2D eigenvalue weighted by Gasteiger charge is 2.15. The lowest BCUT2D eigenvalue weighted by Crippen LogP contribution is -2.05. The van der Waals surface area contributed by atoms with Crippen molar-refractivity contribution >= 4 is 35.0 Å². The van der Waals surface area contributed by atoms with Gasteiger partial charge in [0.05, 0.1) is 11.8 Å². The lowest BCUT2D eigenvalue weighted by molar-refractivity contribution is 0.242. The van der Waals surface area contributed by atoms with Gasteiger partial charge >= 0.3 is 0 Å². The van der Waals surface area contributed by atoms with Crippen LogP contribution in [0.15, 0.2) is 39.8 Å². The third kappa shape index (κ3) is 4.15. The average molecular weight is 397 g/mol. The summed E-state index contributed by atoms with van der Waals surface area (Å²) >= 11 is 1.83. The number of benzene rings is 1. The van der Waals surface area contributed by atoms with E-state index >= 15 is 0 Å². The second-order valence-electron chi connectivity index (χ2n) is 6.84. The zero-order valence-electron chi connectivity index (χ0n) is 16.3. The molecular formula is C21H24N4O2S. The van der Waals surface area contributed by atoms with Crippen LogP contribution < -0.4 is 15.4 Å². The Morgan fingerprint density at radius 1 is 1.36 bits per heavy atom. The van der Waals surface area contributed by atoms with Crippen molar-refractivity contribution in [3.63, 3.8) is 0 Å². The summed E-state index contributed by atoms with van der Waals surface area (Å²) in [6.45, 7) is 7.67. The molecule has 3 heterocycles. The van der Waals surface area contributed by atoms with E-state index < -0.39 is 0 Å². The van der Waals surface area contributed by atoms with Crippen molar-refractivity contribution in [2.24, 2.45) is 0 Å². The molecule has 1 aliphatic heterocycles. The molecule has 1 aliphatic rings. The summed E-state index contributed by atoms with van der Waals surface area (Å²) < 4.78 is 11.8. The average Bonchev–Trinajstić information content (AvgIpc) is 3.31. The zero-order valence-corrected chi connectivity index (χ0v) is 17.1. The Hall–Kier alpha value is -2.51. The van der Waals surface area contributed by atoms with Crippen LogP contribution in [0.4, 0.5) is 6.01 Å². The van der Waals surface area contributed by atoms with Gasteiger partial charge in [0.25, 0.3) is 6.01 Å². The Labute approximate surface area is 168 Å². The van der Waals surface area contributed by atoms with Crippen LogP contribution in [0.5, 0.6) is 5.75 Å². The quantitative estimate of drug-likeness (QED) is 0.623. The highest BCUT2D eigenvalue weighted by atomic mass is 32.2. The maximum Gasteiger partial charge on any atom is 0.295 e. The Kier molecular flexibility index (Phi) is 5.54. The number of aromatic nitrogens is 2. The van der Waals surface area contributed by atoms with Gasteiger partial charge in [0.15, 0.2) is 11.3 Å². The molecule has 0 radical (unpaired) electrons. The van der Waals surface area contributed by atoms with Crippen molar-refractivity contribution in [3.8, 4) is 17.0 Å². The molecule has 2 aromatic heterocycles. The maximum absolute atomic E-state index is 5.98. The molecule has 0 spiro atoms. The number of rotatable bonds is 6. The molecule has 0 saturated carbocycles. The van der Waals surface area contributed by atoms with E-state index in [0.717, 1.165) is 41.3 Å². The van der Waals surface area contributed by atoms with Crippen LogP contribution in [0.25, 0.3) is 28.4 Å². The molecule has 28 heavy (non-hydrogen) atoms. The maximum atomic E-state index is 5.98. The number of fused-ring (bicyclic) bond motifs is 1. The van der Waals surface area contributed by atoms with Gasteiger partial charge in [-0.3, -0.25) is 4.98 Å². The Morgan fingerprint density at radius 2 is 2.25 bits per heavy atom. The van der Waals surface area contributed by atoms with E-state index in [1.165, 1.54) is 4.91 Å².